The molecule has 1 heterocycles. The van der Waals surface area contributed by atoms with E-state index in [1.54, 1.807) is 13.2 Å². The third kappa shape index (κ3) is 1.84. The first-order valence-corrected chi connectivity index (χ1v) is 4.19. The number of aromatic nitrogens is 1. The Labute approximate surface area is 78.7 Å². The molecule has 0 aliphatic carbocycles. The van der Waals surface area contributed by atoms with Crippen molar-refractivity contribution in [3.63, 3.8) is 0 Å². The number of pyridine rings is 1. The summed E-state index contributed by atoms with van der Waals surface area (Å²) in [5.41, 5.74) is 0.792. The zero-order chi connectivity index (χ0) is 8.43. The molecule has 0 saturated heterocycles. The molecule has 0 saturated carbocycles. The summed E-state index contributed by atoms with van der Waals surface area (Å²) in [6.07, 6.45) is 0. The summed E-state index contributed by atoms with van der Waals surface area (Å²) in [4.78, 5) is 4.04. The van der Waals surface area contributed by atoms with Gasteiger partial charge in [0.25, 0.3) is 0 Å². The minimum Gasteiger partial charge on any atom is -0.495 e. The maximum Gasteiger partial charge on any atom is 0.143 e. The summed E-state index contributed by atoms with van der Waals surface area (Å²) < 4.78 is 5.78. The molecule has 0 fully saturated rings. The van der Waals surface area contributed by atoms with E-state index < -0.39 is 0 Å². The van der Waals surface area contributed by atoms with Gasteiger partial charge in [0.2, 0.25) is 0 Å². The SMILES string of the molecule is COc1cc(Br)c(Cl)nc1C. The minimum atomic E-state index is 0.461. The fraction of sp³-hybridized carbons (Fsp3) is 0.286. The number of hydrogen-bond donors (Lipinski definition) is 0. The predicted octanol–water partition coefficient (Wildman–Crippen LogP) is 2.81. The topological polar surface area (TPSA) is 22.1 Å². The van der Waals surface area contributed by atoms with Crippen LogP contribution in [-0.4, -0.2) is 12.1 Å². The van der Waals surface area contributed by atoms with Crippen LogP contribution >= 0.6 is 27.5 Å². The van der Waals surface area contributed by atoms with E-state index >= 15 is 0 Å². The number of methoxy groups -OCH3 is 1. The lowest BCUT2D eigenvalue weighted by atomic mass is 10.3. The second kappa shape index (κ2) is 3.41. The second-order valence-corrected chi connectivity index (χ2v) is 3.26. The lowest BCUT2D eigenvalue weighted by molar-refractivity contribution is 0.409. The number of ether oxygens (including phenoxy) is 1. The van der Waals surface area contributed by atoms with Gasteiger partial charge in [-0.05, 0) is 28.9 Å². The maximum atomic E-state index is 5.73. The molecule has 60 valence electrons. The van der Waals surface area contributed by atoms with Crippen LogP contribution in [0.4, 0.5) is 0 Å². The molecule has 0 aromatic carbocycles. The molecule has 0 amide bonds. The summed E-state index contributed by atoms with van der Waals surface area (Å²) in [7, 11) is 1.60. The molecule has 0 aliphatic rings. The molecular weight excluding hydrogens is 229 g/mol. The fourth-order valence-corrected chi connectivity index (χ4v) is 1.22. The molecule has 0 unspecified atom stereocenters. The highest BCUT2D eigenvalue weighted by Gasteiger charge is 2.04. The van der Waals surface area contributed by atoms with Crippen LogP contribution in [0.25, 0.3) is 0 Å². The smallest absolute Gasteiger partial charge is 0.143 e. The first kappa shape index (κ1) is 8.81. The van der Waals surface area contributed by atoms with Gasteiger partial charge >= 0.3 is 0 Å². The Balaban J connectivity index is 3.21. The largest absolute Gasteiger partial charge is 0.495 e. The van der Waals surface area contributed by atoms with E-state index in [0.29, 0.717) is 5.15 Å². The van der Waals surface area contributed by atoms with Gasteiger partial charge in [-0.3, -0.25) is 0 Å². The van der Waals surface area contributed by atoms with Crippen molar-refractivity contribution < 1.29 is 4.74 Å². The molecule has 0 radical (unpaired) electrons. The van der Waals surface area contributed by atoms with E-state index in [1.165, 1.54) is 0 Å². The van der Waals surface area contributed by atoms with Crippen LogP contribution in [0.2, 0.25) is 5.15 Å². The van der Waals surface area contributed by atoms with Crippen molar-refractivity contribution in [2.24, 2.45) is 0 Å². The molecule has 11 heavy (non-hydrogen) atoms. The standard InChI is InChI=1S/C7H7BrClNO/c1-4-6(11-2)3-5(8)7(9)10-4/h3H,1-2H3. The molecule has 0 spiro atoms. The van der Waals surface area contributed by atoms with Crippen molar-refractivity contribution in [3.05, 3.63) is 21.4 Å². The van der Waals surface area contributed by atoms with Crippen LogP contribution in [0.15, 0.2) is 10.5 Å². The average Bonchev–Trinajstić information content (AvgIpc) is 1.97. The monoisotopic (exact) mass is 235 g/mol. The van der Waals surface area contributed by atoms with Gasteiger partial charge in [-0.25, -0.2) is 4.98 Å². The highest BCUT2D eigenvalue weighted by atomic mass is 79.9. The van der Waals surface area contributed by atoms with Gasteiger partial charge in [0.1, 0.15) is 10.9 Å². The minimum absolute atomic E-state index is 0.461. The second-order valence-electron chi connectivity index (χ2n) is 2.05. The summed E-state index contributed by atoms with van der Waals surface area (Å²) in [6.45, 7) is 1.84. The number of halogens is 2. The summed E-state index contributed by atoms with van der Waals surface area (Å²) in [6, 6.07) is 1.80. The predicted molar refractivity (Wildman–Crippen MR) is 48.2 cm³/mol. The molecule has 0 bridgehead atoms. The van der Waals surface area contributed by atoms with Gasteiger partial charge < -0.3 is 4.74 Å². The Morgan fingerprint density at radius 2 is 2.27 bits per heavy atom. The highest BCUT2D eigenvalue weighted by Crippen LogP contribution is 2.26. The Bertz CT molecular complexity index is 277. The molecule has 0 N–H and O–H groups in total. The van der Waals surface area contributed by atoms with Gasteiger partial charge in [0.05, 0.1) is 17.3 Å². The molecule has 1 rings (SSSR count). The van der Waals surface area contributed by atoms with E-state index in [4.69, 9.17) is 16.3 Å². The number of rotatable bonds is 1. The van der Waals surface area contributed by atoms with Crippen LogP contribution in [0.1, 0.15) is 5.69 Å². The van der Waals surface area contributed by atoms with E-state index in [0.717, 1.165) is 15.9 Å². The van der Waals surface area contributed by atoms with Gasteiger partial charge in [-0.1, -0.05) is 11.6 Å². The molecule has 4 heteroatoms. The lowest BCUT2D eigenvalue weighted by Crippen LogP contribution is -1.90. The van der Waals surface area contributed by atoms with Gasteiger partial charge in [0, 0.05) is 0 Å². The Kier molecular flexibility index (Phi) is 2.73. The van der Waals surface area contributed by atoms with Crippen molar-refractivity contribution in [3.8, 4) is 5.75 Å². The third-order valence-corrected chi connectivity index (χ3v) is 2.42. The van der Waals surface area contributed by atoms with Crippen molar-refractivity contribution in [1.29, 1.82) is 0 Å². The summed E-state index contributed by atoms with van der Waals surface area (Å²) >= 11 is 8.98. The Hall–Kier alpha value is -0.280. The van der Waals surface area contributed by atoms with Crippen LogP contribution < -0.4 is 4.74 Å². The van der Waals surface area contributed by atoms with Gasteiger partial charge in [0.15, 0.2) is 0 Å². The van der Waals surface area contributed by atoms with Gasteiger partial charge in [-0.15, -0.1) is 0 Å². The molecule has 2 nitrogen and oxygen atoms in total. The van der Waals surface area contributed by atoms with E-state index in [1.807, 2.05) is 6.92 Å². The first-order chi connectivity index (χ1) is 5.15. The Morgan fingerprint density at radius 1 is 1.64 bits per heavy atom. The normalized spacial score (nSPS) is 9.82. The number of nitrogens with zero attached hydrogens (tertiary/aromatic N) is 1. The summed E-state index contributed by atoms with van der Waals surface area (Å²) in [5, 5.41) is 0.461. The average molecular weight is 236 g/mol. The maximum absolute atomic E-state index is 5.73. The lowest BCUT2D eigenvalue weighted by Gasteiger charge is -2.04. The Morgan fingerprint density at radius 3 is 2.82 bits per heavy atom. The van der Waals surface area contributed by atoms with Crippen molar-refractivity contribution in [2.75, 3.05) is 7.11 Å². The number of aryl methyl sites for hydroxylation is 1. The molecule has 0 aliphatic heterocycles. The van der Waals surface area contributed by atoms with Crippen molar-refractivity contribution >= 4 is 27.5 Å². The summed E-state index contributed by atoms with van der Waals surface area (Å²) in [5.74, 6) is 0.737. The zero-order valence-corrected chi connectivity index (χ0v) is 8.53. The molecule has 1 aromatic heterocycles. The fourth-order valence-electron chi connectivity index (χ4n) is 0.741. The van der Waals surface area contributed by atoms with Crippen LogP contribution in [0.5, 0.6) is 5.75 Å². The van der Waals surface area contributed by atoms with Crippen LogP contribution in [0, 0.1) is 6.92 Å². The van der Waals surface area contributed by atoms with E-state index in [2.05, 4.69) is 20.9 Å². The van der Waals surface area contributed by atoms with Crippen LogP contribution in [-0.2, 0) is 0 Å². The van der Waals surface area contributed by atoms with E-state index in [-0.39, 0.29) is 0 Å². The molecule has 1 aromatic rings. The first-order valence-electron chi connectivity index (χ1n) is 3.01. The highest BCUT2D eigenvalue weighted by molar-refractivity contribution is 9.10. The van der Waals surface area contributed by atoms with Crippen molar-refractivity contribution in [2.45, 2.75) is 6.92 Å². The third-order valence-electron chi connectivity index (χ3n) is 1.30. The van der Waals surface area contributed by atoms with E-state index in [9.17, 15) is 0 Å². The van der Waals surface area contributed by atoms with Crippen molar-refractivity contribution in [1.82, 2.24) is 4.98 Å². The molecule has 0 atom stereocenters. The zero-order valence-electron chi connectivity index (χ0n) is 6.19. The quantitative estimate of drug-likeness (QED) is 0.700. The van der Waals surface area contributed by atoms with Gasteiger partial charge in [-0.2, -0.15) is 0 Å². The number of hydrogen-bond acceptors (Lipinski definition) is 2. The molecular formula is C7H7BrClNO. The van der Waals surface area contributed by atoms with Crippen LogP contribution in [0.3, 0.4) is 0 Å².